The lowest BCUT2D eigenvalue weighted by Crippen LogP contribution is -2.40. The van der Waals surface area contributed by atoms with E-state index >= 15 is 0 Å². The quantitative estimate of drug-likeness (QED) is 0.875. The van der Waals surface area contributed by atoms with Crippen LogP contribution in [0.25, 0.3) is 0 Å². The highest BCUT2D eigenvalue weighted by molar-refractivity contribution is 9.10. The van der Waals surface area contributed by atoms with Crippen LogP contribution in [-0.2, 0) is 11.2 Å². The van der Waals surface area contributed by atoms with E-state index in [-0.39, 0.29) is 12.1 Å². The molecule has 1 aliphatic carbocycles. The van der Waals surface area contributed by atoms with E-state index in [4.69, 9.17) is 10.5 Å². The molecule has 0 aromatic heterocycles. The van der Waals surface area contributed by atoms with E-state index < -0.39 is 0 Å². The molecular formula is C14H20BrNO. The molecule has 1 aromatic rings. The molecule has 0 bridgehead atoms. The van der Waals surface area contributed by atoms with Gasteiger partial charge in [-0.2, -0.15) is 0 Å². The maximum atomic E-state index is 6.30. The van der Waals surface area contributed by atoms with Crippen LogP contribution in [0.2, 0.25) is 0 Å². The third-order valence-corrected chi connectivity index (χ3v) is 4.05. The summed E-state index contributed by atoms with van der Waals surface area (Å²) in [4.78, 5) is 0. The van der Waals surface area contributed by atoms with Crippen LogP contribution >= 0.6 is 15.9 Å². The highest BCUT2D eigenvalue weighted by atomic mass is 79.9. The van der Waals surface area contributed by atoms with Crippen molar-refractivity contribution < 1.29 is 4.74 Å². The van der Waals surface area contributed by atoms with E-state index in [0.717, 1.165) is 17.5 Å². The summed E-state index contributed by atoms with van der Waals surface area (Å²) < 4.78 is 6.94. The Morgan fingerprint density at radius 1 is 1.41 bits per heavy atom. The number of ether oxygens (including phenoxy) is 1. The second kappa shape index (κ2) is 5.98. The molecule has 2 N–H and O–H groups in total. The second-order valence-corrected chi connectivity index (χ2v) is 5.57. The molecule has 94 valence electrons. The lowest BCUT2D eigenvalue weighted by atomic mass is 9.99. The van der Waals surface area contributed by atoms with Crippen molar-refractivity contribution in [3.63, 3.8) is 0 Å². The summed E-state index contributed by atoms with van der Waals surface area (Å²) in [5.41, 5.74) is 7.57. The average Bonchev–Trinajstić information content (AvgIpc) is 3.13. The van der Waals surface area contributed by atoms with Crippen LogP contribution in [0.4, 0.5) is 0 Å². The van der Waals surface area contributed by atoms with Crippen molar-refractivity contribution in [1.82, 2.24) is 0 Å². The van der Waals surface area contributed by atoms with E-state index in [9.17, 15) is 0 Å². The Kier molecular flexibility index (Phi) is 4.60. The fourth-order valence-corrected chi connectivity index (χ4v) is 2.71. The molecule has 2 unspecified atom stereocenters. The largest absolute Gasteiger partial charge is 0.377 e. The number of hydrogen-bond donors (Lipinski definition) is 1. The van der Waals surface area contributed by atoms with Crippen molar-refractivity contribution in [2.75, 3.05) is 6.61 Å². The molecule has 2 nitrogen and oxygen atoms in total. The van der Waals surface area contributed by atoms with Crippen LogP contribution in [0.5, 0.6) is 0 Å². The summed E-state index contributed by atoms with van der Waals surface area (Å²) in [6.45, 7) is 2.80. The molecule has 3 heteroatoms. The Morgan fingerprint density at radius 2 is 2.12 bits per heavy atom. The molecule has 17 heavy (non-hydrogen) atoms. The number of rotatable bonds is 6. The van der Waals surface area contributed by atoms with Crippen molar-refractivity contribution in [3.8, 4) is 0 Å². The number of hydrogen-bond acceptors (Lipinski definition) is 2. The first-order valence-electron chi connectivity index (χ1n) is 6.33. The first kappa shape index (κ1) is 13.1. The standard InChI is InChI=1S/C14H20BrNO/c1-2-17-14(10-7-8-10)13(16)9-11-5-3-4-6-12(11)15/h3-6,10,13-14H,2,7-9,16H2,1H3. The van der Waals surface area contributed by atoms with Gasteiger partial charge in [-0.3, -0.25) is 0 Å². The SMILES string of the molecule is CCOC(C(N)Cc1ccccc1Br)C1CC1. The monoisotopic (exact) mass is 297 g/mol. The lowest BCUT2D eigenvalue weighted by molar-refractivity contribution is 0.0287. The van der Waals surface area contributed by atoms with Crippen LogP contribution in [0, 0.1) is 5.92 Å². The molecule has 0 spiro atoms. The maximum absolute atomic E-state index is 6.30. The van der Waals surface area contributed by atoms with Crippen molar-refractivity contribution in [3.05, 3.63) is 34.3 Å². The fraction of sp³-hybridized carbons (Fsp3) is 0.571. The van der Waals surface area contributed by atoms with Gasteiger partial charge in [0.15, 0.2) is 0 Å². The zero-order chi connectivity index (χ0) is 12.3. The molecule has 1 fully saturated rings. The minimum absolute atomic E-state index is 0.0983. The first-order valence-corrected chi connectivity index (χ1v) is 7.12. The van der Waals surface area contributed by atoms with Gasteiger partial charge >= 0.3 is 0 Å². The van der Waals surface area contributed by atoms with Crippen LogP contribution in [-0.4, -0.2) is 18.8 Å². The average molecular weight is 298 g/mol. The molecule has 2 atom stereocenters. The minimum atomic E-state index is 0.0983. The predicted octanol–water partition coefficient (Wildman–Crippen LogP) is 3.13. The molecule has 2 rings (SSSR count). The molecule has 1 aliphatic rings. The molecule has 0 saturated heterocycles. The van der Waals surface area contributed by atoms with Crippen molar-refractivity contribution in [1.29, 1.82) is 0 Å². The van der Waals surface area contributed by atoms with Crippen LogP contribution in [0.1, 0.15) is 25.3 Å². The zero-order valence-corrected chi connectivity index (χ0v) is 11.8. The van der Waals surface area contributed by atoms with Gasteiger partial charge in [0.25, 0.3) is 0 Å². The molecule has 0 amide bonds. The van der Waals surface area contributed by atoms with Crippen molar-refractivity contribution in [2.45, 2.75) is 38.3 Å². The summed E-state index contributed by atoms with van der Waals surface area (Å²) in [6.07, 6.45) is 3.65. The van der Waals surface area contributed by atoms with Gasteiger partial charge in [0.2, 0.25) is 0 Å². The van der Waals surface area contributed by atoms with Gasteiger partial charge in [0, 0.05) is 17.1 Å². The smallest absolute Gasteiger partial charge is 0.0757 e. The van der Waals surface area contributed by atoms with Crippen LogP contribution in [0.3, 0.4) is 0 Å². The normalized spacial score (nSPS) is 19.0. The molecule has 1 aromatic carbocycles. The van der Waals surface area contributed by atoms with Gasteiger partial charge in [-0.15, -0.1) is 0 Å². The summed E-state index contributed by atoms with van der Waals surface area (Å²) in [7, 11) is 0. The second-order valence-electron chi connectivity index (χ2n) is 4.72. The Morgan fingerprint density at radius 3 is 2.71 bits per heavy atom. The van der Waals surface area contributed by atoms with Gasteiger partial charge in [-0.05, 0) is 43.7 Å². The first-order chi connectivity index (χ1) is 8.22. The number of benzene rings is 1. The molecular weight excluding hydrogens is 278 g/mol. The Labute approximate surface area is 112 Å². The Balaban J connectivity index is 1.99. The zero-order valence-electron chi connectivity index (χ0n) is 10.2. The lowest BCUT2D eigenvalue weighted by Gasteiger charge is -2.24. The van der Waals surface area contributed by atoms with E-state index in [1.54, 1.807) is 0 Å². The summed E-state index contributed by atoms with van der Waals surface area (Å²) in [5.74, 6) is 0.687. The summed E-state index contributed by atoms with van der Waals surface area (Å²) in [5, 5.41) is 0. The Hall–Kier alpha value is -0.380. The van der Waals surface area contributed by atoms with E-state index in [1.165, 1.54) is 18.4 Å². The molecule has 0 heterocycles. The van der Waals surface area contributed by atoms with Gasteiger partial charge in [-0.25, -0.2) is 0 Å². The summed E-state index contributed by atoms with van der Waals surface area (Å²) >= 11 is 3.57. The number of nitrogens with two attached hydrogens (primary N) is 1. The van der Waals surface area contributed by atoms with Gasteiger partial charge in [0.1, 0.15) is 0 Å². The third-order valence-electron chi connectivity index (χ3n) is 3.28. The van der Waals surface area contributed by atoms with Crippen molar-refractivity contribution >= 4 is 15.9 Å². The summed E-state index contributed by atoms with van der Waals surface area (Å²) in [6, 6.07) is 8.37. The van der Waals surface area contributed by atoms with E-state index in [2.05, 4.69) is 34.1 Å². The maximum Gasteiger partial charge on any atom is 0.0757 e. The number of halogens is 1. The molecule has 1 saturated carbocycles. The molecule has 0 aliphatic heterocycles. The highest BCUT2D eigenvalue weighted by Gasteiger charge is 2.35. The molecule has 0 radical (unpaired) electrons. The van der Waals surface area contributed by atoms with Gasteiger partial charge in [0.05, 0.1) is 6.10 Å². The highest BCUT2D eigenvalue weighted by Crippen LogP contribution is 2.36. The minimum Gasteiger partial charge on any atom is -0.377 e. The Bertz CT molecular complexity index is 365. The van der Waals surface area contributed by atoms with E-state index in [1.807, 2.05) is 13.0 Å². The third kappa shape index (κ3) is 3.54. The van der Waals surface area contributed by atoms with Gasteiger partial charge < -0.3 is 10.5 Å². The van der Waals surface area contributed by atoms with Crippen LogP contribution < -0.4 is 5.73 Å². The topological polar surface area (TPSA) is 35.2 Å². The predicted molar refractivity (Wildman–Crippen MR) is 74.0 cm³/mol. The van der Waals surface area contributed by atoms with Crippen LogP contribution in [0.15, 0.2) is 28.7 Å². The fourth-order valence-electron chi connectivity index (χ4n) is 2.26. The van der Waals surface area contributed by atoms with Gasteiger partial charge in [-0.1, -0.05) is 34.1 Å². The van der Waals surface area contributed by atoms with Crippen molar-refractivity contribution in [2.24, 2.45) is 11.7 Å². The van der Waals surface area contributed by atoms with E-state index in [0.29, 0.717) is 5.92 Å².